The first-order chi connectivity index (χ1) is 11.2. The van der Waals surface area contributed by atoms with E-state index in [1.807, 2.05) is 19.1 Å². The van der Waals surface area contributed by atoms with E-state index in [1.165, 1.54) is 0 Å². The Hall–Kier alpha value is -1.82. The summed E-state index contributed by atoms with van der Waals surface area (Å²) in [5, 5.41) is 11.5. The standard InChI is InChI=1S/C17H24N2O4/c1-2-22-16-6-3-5-14(17(16)19(20)21)18-10-8-13(9-11-18)15-7-4-12-23-15/h3,5-6,13,15H,2,4,7-12H2,1H3. The fourth-order valence-electron chi connectivity index (χ4n) is 3.71. The monoisotopic (exact) mass is 320 g/mol. The quantitative estimate of drug-likeness (QED) is 0.614. The minimum atomic E-state index is -0.327. The van der Waals surface area contributed by atoms with Crippen molar-refractivity contribution in [2.75, 3.05) is 31.2 Å². The lowest BCUT2D eigenvalue weighted by molar-refractivity contribution is -0.385. The summed E-state index contributed by atoms with van der Waals surface area (Å²) in [6.07, 6.45) is 4.76. The summed E-state index contributed by atoms with van der Waals surface area (Å²) < 4.78 is 11.2. The van der Waals surface area contributed by atoms with E-state index >= 15 is 0 Å². The molecule has 126 valence electrons. The first-order valence-electron chi connectivity index (χ1n) is 8.47. The summed E-state index contributed by atoms with van der Waals surface area (Å²) in [7, 11) is 0. The van der Waals surface area contributed by atoms with Gasteiger partial charge in [-0.1, -0.05) is 6.07 Å². The second-order valence-electron chi connectivity index (χ2n) is 6.19. The van der Waals surface area contributed by atoms with Gasteiger partial charge in [0, 0.05) is 19.7 Å². The molecule has 3 rings (SSSR count). The van der Waals surface area contributed by atoms with Crippen LogP contribution in [0.5, 0.6) is 5.75 Å². The third-order valence-electron chi connectivity index (χ3n) is 4.83. The molecule has 2 fully saturated rings. The predicted octanol–water partition coefficient (Wildman–Crippen LogP) is 3.39. The van der Waals surface area contributed by atoms with Crippen LogP contribution in [0.3, 0.4) is 0 Å². The Balaban J connectivity index is 1.74. The zero-order valence-corrected chi connectivity index (χ0v) is 13.6. The fourth-order valence-corrected chi connectivity index (χ4v) is 3.71. The van der Waals surface area contributed by atoms with E-state index in [0.29, 0.717) is 30.1 Å². The molecular weight excluding hydrogens is 296 g/mol. The van der Waals surface area contributed by atoms with E-state index in [1.54, 1.807) is 6.07 Å². The molecule has 2 heterocycles. The molecule has 1 aromatic rings. The van der Waals surface area contributed by atoms with Crippen LogP contribution in [0, 0.1) is 16.0 Å². The van der Waals surface area contributed by atoms with E-state index in [4.69, 9.17) is 9.47 Å². The van der Waals surface area contributed by atoms with Crippen LogP contribution in [0.2, 0.25) is 0 Å². The van der Waals surface area contributed by atoms with E-state index in [9.17, 15) is 10.1 Å². The van der Waals surface area contributed by atoms with Gasteiger partial charge in [0.05, 0.1) is 17.6 Å². The number of hydrogen-bond acceptors (Lipinski definition) is 5. The highest BCUT2D eigenvalue weighted by molar-refractivity contribution is 5.70. The largest absolute Gasteiger partial charge is 0.487 e. The number of anilines is 1. The number of piperidine rings is 1. The smallest absolute Gasteiger partial charge is 0.333 e. The number of benzene rings is 1. The van der Waals surface area contributed by atoms with Crippen molar-refractivity contribution < 1.29 is 14.4 Å². The van der Waals surface area contributed by atoms with Crippen molar-refractivity contribution in [1.82, 2.24) is 0 Å². The molecule has 2 aliphatic heterocycles. The molecule has 0 saturated carbocycles. The van der Waals surface area contributed by atoms with E-state index in [2.05, 4.69) is 4.90 Å². The highest BCUT2D eigenvalue weighted by atomic mass is 16.6. The fraction of sp³-hybridized carbons (Fsp3) is 0.647. The molecule has 6 nitrogen and oxygen atoms in total. The minimum absolute atomic E-state index is 0.0879. The van der Waals surface area contributed by atoms with Crippen molar-refractivity contribution in [3.05, 3.63) is 28.3 Å². The SMILES string of the molecule is CCOc1cccc(N2CCC(C3CCCO3)CC2)c1[N+](=O)[O-]. The Morgan fingerprint density at radius 3 is 2.74 bits per heavy atom. The van der Waals surface area contributed by atoms with E-state index in [-0.39, 0.29) is 10.6 Å². The molecule has 2 aliphatic rings. The number of rotatable bonds is 5. The summed E-state index contributed by atoms with van der Waals surface area (Å²) in [5.74, 6) is 0.944. The van der Waals surface area contributed by atoms with Gasteiger partial charge in [-0.15, -0.1) is 0 Å². The summed E-state index contributed by atoms with van der Waals surface area (Å²) in [6.45, 7) is 4.81. The van der Waals surface area contributed by atoms with Gasteiger partial charge in [0.2, 0.25) is 0 Å². The van der Waals surface area contributed by atoms with Crippen LogP contribution in [0.15, 0.2) is 18.2 Å². The summed E-state index contributed by atoms with van der Waals surface area (Å²) >= 11 is 0. The van der Waals surface area contributed by atoms with Crippen molar-refractivity contribution in [2.24, 2.45) is 5.92 Å². The third kappa shape index (κ3) is 3.42. The van der Waals surface area contributed by atoms with Gasteiger partial charge in [0.1, 0.15) is 5.69 Å². The van der Waals surface area contributed by atoms with Gasteiger partial charge in [0.15, 0.2) is 5.75 Å². The number of nitrogens with zero attached hydrogens (tertiary/aromatic N) is 2. The predicted molar refractivity (Wildman–Crippen MR) is 88.2 cm³/mol. The summed E-state index contributed by atoms with van der Waals surface area (Å²) in [6, 6.07) is 5.33. The number of para-hydroxylation sites is 1. The van der Waals surface area contributed by atoms with Crippen LogP contribution >= 0.6 is 0 Å². The molecule has 0 N–H and O–H groups in total. The van der Waals surface area contributed by atoms with Crippen LogP contribution in [-0.4, -0.2) is 37.3 Å². The topological polar surface area (TPSA) is 64.8 Å². The maximum Gasteiger partial charge on any atom is 0.333 e. The average Bonchev–Trinajstić information content (AvgIpc) is 3.09. The average molecular weight is 320 g/mol. The first-order valence-corrected chi connectivity index (χ1v) is 8.47. The van der Waals surface area contributed by atoms with Gasteiger partial charge in [-0.25, -0.2) is 0 Å². The molecule has 0 radical (unpaired) electrons. The van der Waals surface area contributed by atoms with E-state index < -0.39 is 0 Å². The highest BCUT2D eigenvalue weighted by Crippen LogP contribution is 2.39. The second kappa shape index (κ2) is 7.17. The Morgan fingerprint density at radius 1 is 1.35 bits per heavy atom. The number of nitro groups is 1. The van der Waals surface area contributed by atoms with Gasteiger partial charge in [-0.05, 0) is 50.7 Å². The van der Waals surface area contributed by atoms with Gasteiger partial charge < -0.3 is 14.4 Å². The molecule has 23 heavy (non-hydrogen) atoms. The Kier molecular flexibility index (Phi) is 5.00. The summed E-state index contributed by atoms with van der Waals surface area (Å²) in [5.41, 5.74) is 0.761. The molecule has 0 aromatic heterocycles. The molecule has 6 heteroatoms. The molecule has 1 unspecified atom stereocenters. The zero-order valence-electron chi connectivity index (χ0n) is 13.6. The number of ether oxygens (including phenoxy) is 2. The van der Waals surface area contributed by atoms with E-state index in [0.717, 1.165) is 45.4 Å². The molecule has 2 saturated heterocycles. The van der Waals surface area contributed by atoms with Crippen molar-refractivity contribution in [1.29, 1.82) is 0 Å². The second-order valence-corrected chi connectivity index (χ2v) is 6.19. The van der Waals surface area contributed by atoms with Crippen LogP contribution < -0.4 is 9.64 Å². The lowest BCUT2D eigenvalue weighted by atomic mass is 9.89. The molecule has 0 bridgehead atoms. The van der Waals surface area contributed by atoms with Gasteiger partial charge in [0.25, 0.3) is 0 Å². The Morgan fingerprint density at radius 2 is 2.13 bits per heavy atom. The molecule has 0 spiro atoms. The highest BCUT2D eigenvalue weighted by Gasteiger charge is 2.32. The van der Waals surface area contributed by atoms with Crippen molar-refractivity contribution >= 4 is 11.4 Å². The first kappa shape index (κ1) is 16.1. The van der Waals surface area contributed by atoms with Crippen molar-refractivity contribution in [3.63, 3.8) is 0 Å². The van der Waals surface area contributed by atoms with Crippen LogP contribution in [-0.2, 0) is 4.74 Å². The summed E-state index contributed by atoms with van der Waals surface area (Å²) in [4.78, 5) is 13.3. The maximum atomic E-state index is 11.5. The van der Waals surface area contributed by atoms with Crippen LogP contribution in [0.25, 0.3) is 0 Å². The molecule has 0 amide bonds. The Labute approximate surface area is 136 Å². The van der Waals surface area contributed by atoms with Crippen molar-refractivity contribution in [2.45, 2.75) is 38.7 Å². The van der Waals surface area contributed by atoms with Crippen LogP contribution in [0.4, 0.5) is 11.4 Å². The minimum Gasteiger partial charge on any atom is -0.487 e. The molecule has 0 aliphatic carbocycles. The lowest BCUT2D eigenvalue weighted by Gasteiger charge is -2.35. The van der Waals surface area contributed by atoms with Gasteiger partial charge >= 0.3 is 5.69 Å². The Bertz CT molecular complexity index is 550. The normalized spacial score (nSPS) is 22.3. The van der Waals surface area contributed by atoms with Crippen molar-refractivity contribution in [3.8, 4) is 5.75 Å². The lowest BCUT2D eigenvalue weighted by Crippen LogP contribution is -2.38. The third-order valence-corrected chi connectivity index (χ3v) is 4.83. The maximum absolute atomic E-state index is 11.5. The number of nitro benzene ring substituents is 1. The molecule has 1 atom stereocenters. The number of hydrogen-bond donors (Lipinski definition) is 0. The van der Waals surface area contributed by atoms with Gasteiger partial charge in [-0.3, -0.25) is 10.1 Å². The van der Waals surface area contributed by atoms with Gasteiger partial charge in [-0.2, -0.15) is 0 Å². The zero-order chi connectivity index (χ0) is 16.2. The van der Waals surface area contributed by atoms with Crippen LogP contribution in [0.1, 0.15) is 32.6 Å². The molecular formula is C17H24N2O4. The molecule has 1 aromatic carbocycles.